The van der Waals surface area contributed by atoms with Crippen LogP contribution in [0.2, 0.25) is 0 Å². The van der Waals surface area contributed by atoms with Gasteiger partial charge in [0, 0.05) is 27.1 Å². The van der Waals surface area contributed by atoms with E-state index >= 15 is 0 Å². The summed E-state index contributed by atoms with van der Waals surface area (Å²) in [7, 11) is 3.45. The minimum Gasteiger partial charge on any atom is -0.463 e. The van der Waals surface area contributed by atoms with Gasteiger partial charge >= 0.3 is 6.01 Å². The molecular formula is C23H33N5O3. The molecule has 1 fully saturated rings. The maximum Gasteiger partial charge on any atom is 0.318 e. The monoisotopic (exact) mass is 427 g/mol. The highest BCUT2D eigenvalue weighted by molar-refractivity contribution is 5.80. The quantitative estimate of drug-likeness (QED) is 0.522. The molecular weight excluding hydrogens is 394 g/mol. The van der Waals surface area contributed by atoms with Gasteiger partial charge in [0.1, 0.15) is 0 Å². The molecule has 8 heteroatoms. The Hall–Kier alpha value is -2.71. The third-order valence-corrected chi connectivity index (χ3v) is 5.55. The number of hydrogen-bond donors (Lipinski definition) is 1. The first-order valence-electron chi connectivity index (χ1n) is 10.9. The largest absolute Gasteiger partial charge is 0.463 e. The first kappa shape index (κ1) is 23.0. The summed E-state index contributed by atoms with van der Waals surface area (Å²) < 4.78 is 10.9. The van der Waals surface area contributed by atoms with Gasteiger partial charge in [0.15, 0.2) is 5.82 Å². The number of ether oxygens (including phenoxy) is 2. The van der Waals surface area contributed by atoms with Gasteiger partial charge in [-0.15, -0.1) is 0 Å². The summed E-state index contributed by atoms with van der Waals surface area (Å²) in [6.45, 7) is 6.17. The van der Waals surface area contributed by atoms with Crippen LogP contribution in [0.3, 0.4) is 0 Å². The van der Waals surface area contributed by atoms with Crippen molar-refractivity contribution >= 4 is 17.9 Å². The highest BCUT2D eigenvalue weighted by atomic mass is 16.5. The summed E-state index contributed by atoms with van der Waals surface area (Å²) in [5.74, 6) is 0.489. The van der Waals surface area contributed by atoms with Crippen molar-refractivity contribution in [2.75, 3.05) is 44.1 Å². The van der Waals surface area contributed by atoms with Crippen LogP contribution in [0.4, 0.5) is 11.5 Å². The number of carbonyl (C=O) groups is 1. The molecule has 1 amide bonds. The minimum absolute atomic E-state index is 0.0935. The van der Waals surface area contributed by atoms with E-state index in [1.54, 1.807) is 25.3 Å². The van der Waals surface area contributed by atoms with Gasteiger partial charge in [0.05, 0.1) is 31.1 Å². The first-order chi connectivity index (χ1) is 15.1. The van der Waals surface area contributed by atoms with E-state index in [0.717, 1.165) is 24.9 Å². The number of rotatable bonds is 12. The second-order valence-electron chi connectivity index (χ2n) is 7.86. The summed E-state index contributed by atoms with van der Waals surface area (Å²) >= 11 is 0. The molecule has 31 heavy (non-hydrogen) atoms. The number of aromatic nitrogens is 2. The minimum atomic E-state index is 0.0935. The van der Waals surface area contributed by atoms with E-state index in [1.165, 1.54) is 31.5 Å². The van der Waals surface area contributed by atoms with Crippen LogP contribution < -0.4 is 15.0 Å². The van der Waals surface area contributed by atoms with Crippen molar-refractivity contribution in [1.82, 2.24) is 14.9 Å². The number of benzene rings is 1. The zero-order chi connectivity index (χ0) is 22.1. The molecule has 3 rings (SSSR count). The highest BCUT2D eigenvalue weighted by Crippen LogP contribution is 2.25. The van der Waals surface area contributed by atoms with Crippen LogP contribution in [0.15, 0.2) is 30.5 Å². The fraction of sp³-hybridized carbons (Fsp3) is 0.522. The number of nitrogens with one attached hydrogen (secondary N) is 1. The number of amides is 1. The second kappa shape index (κ2) is 11.6. The standard InChI is InChI=1S/C23H33N5O3/c1-18(30-3)10-13-31-23-25-14-21(24-2)22(26-23)28(17-29)16-20-8-6-19(7-9-20)15-27-11-4-5-12-27/h6-9,14,17-18,24H,4-5,10-13,15-16H2,1-3H3. The van der Waals surface area contributed by atoms with Crippen molar-refractivity contribution in [3.63, 3.8) is 0 Å². The molecule has 168 valence electrons. The van der Waals surface area contributed by atoms with Crippen LogP contribution in [0.1, 0.15) is 37.3 Å². The predicted octanol–water partition coefficient (Wildman–Crippen LogP) is 3.08. The molecule has 1 aromatic heterocycles. The number of hydrogen-bond acceptors (Lipinski definition) is 7. The summed E-state index contributed by atoms with van der Waals surface area (Å²) in [5, 5.41) is 3.05. The first-order valence-corrected chi connectivity index (χ1v) is 10.9. The van der Waals surface area contributed by atoms with Crippen LogP contribution >= 0.6 is 0 Å². The molecule has 0 bridgehead atoms. The fourth-order valence-corrected chi connectivity index (χ4v) is 3.56. The van der Waals surface area contributed by atoms with Gasteiger partial charge < -0.3 is 14.8 Å². The van der Waals surface area contributed by atoms with Gasteiger partial charge in [-0.25, -0.2) is 4.98 Å². The van der Waals surface area contributed by atoms with Crippen molar-refractivity contribution in [3.8, 4) is 6.01 Å². The molecule has 2 aromatic rings. The van der Waals surface area contributed by atoms with E-state index < -0.39 is 0 Å². The lowest BCUT2D eigenvalue weighted by atomic mass is 10.1. The summed E-state index contributed by atoms with van der Waals surface area (Å²) in [6.07, 6.45) is 5.82. The molecule has 1 aliphatic rings. The highest BCUT2D eigenvalue weighted by Gasteiger charge is 2.16. The van der Waals surface area contributed by atoms with Crippen LogP contribution in [0, 0.1) is 0 Å². The Kier molecular flexibility index (Phi) is 8.61. The van der Waals surface area contributed by atoms with Crippen molar-refractivity contribution in [2.45, 2.75) is 45.4 Å². The van der Waals surface area contributed by atoms with Crippen LogP contribution in [-0.4, -0.2) is 61.2 Å². The Morgan fingerprint density at radius 1 is 1.23 bits per heavy atom. The number of nitrogens with zero attached hydrogens (tertiary/aromatic N) is 4. The van der Waals surface area contributed by atoms with Crippen LogP contribution in [0.5, 0.6) is 6.01 Å². The van der Waals surface area contributed by atoms with Gasteiger partial charge in [-0.05, 0) is 44.0 Å². The van der Waals surface area contributed by atoms with Crippen molar-refractivity contribution in [1.29, 1.82) is 0 Å². The van der Waals surface area contributed by atoms with E-state index in [-0.39, 0.29) is 12.1 Å². The molecule has 0 spiro atoms. The zero-order valence-corrected chi connectivity index (χ0v) is 18.7. The van der Waals surface area contributed by atoms with Gasteiger partial charge in [-0.1, -0.05) is 24.3 Å². The van der Waals surface area contributed by atoms with E-state index in [9.17, 15) is 4.79 Å². The normalized spacial score (nSPS) is 14.9. The Balaban J connectivity index is 1.67. The molecule has 0 radical (unpaired) electrons. The molecule has 1 saturated heterocycles. The lowest BCUT2D eigenvalue weighted by molar-refractivity contribution is -0.107. The molecule has 1 N–H and O–H groups in total. The van der Waals surface area contributed by atoms with Crippen molar-refractivity contribution < 1.29 is 14.3 Å². The van der Waals surface area contributed by atoms with E-state index in [1.807, 2.05) is 6.92 Å². The molecule has 2 heterocycles. The number of methoxy groups -OCH3 is 1. The number of likely N-dealkylation sites (tertiary alicyclic amines) is 1. The zero-order valence-electron chi connectivity index (χ0n) is 18.7. The molecule has 1 aromatic carbocycles. The third kappa shape index (κ3) is 6.63. The summed E-state index contributed by atoms with van der Waals surface area (Å²) in [6, 6.07) is 8.67. The summed E-state index contributed by atoms with van der Waals surface area (Å²) in [5.41, 5.74) is 2.99. The number of anilines is 2. The molecule has 0 aliphatic carbocycles. The lowest BCUT2D eigenvalue weighted by Crippen LogP contribution is -2.23. The lowest BCUT2D eigenvalue weighted by Gasteiger charge is -2.20. The Morgan fingerprint density at radius 3 is 2.58 bits per heavy atom. The molecule has 1 atom stereocenters. The molecule has 1 aliphatic heterocycles. The van der Waals surface area contributed by atoms with E-state index in [2.05, 4.69) is 44.5 Å². The third-order valence-electron chi connectivity index (χ3n) is 5.55. The maximum absolute atomic E-state index is 11.9. The Labute approximate surface area is 184 Å². The SMILES string of the molecule is CNc1cnc(OCCC(C)OC)nc1N(C=O)Cc1ccc(CN2CCCC2)cc1. The Bertz CT molecular complexity index is 824. The van der Waals surface area contributed by atoms with Crippen molar-refractivity contribution in [3.05, 3.63) is 41.6 Å². The predicted molar refractivity (Wildman–Crippen MR) is 121 cm³/mol. The average Bonchev–Trinajstić information content (AvgIpc) is 3.31. The molecule has 0 saturated carbocycles. The van der Waals surface area contributed by atoms with Gasteiger partial charge in [0.2, 0.25) is 6.41 Å². The fourth-order valence-electron chi connectivity index (χ4n) is 3.56. The smallest absolute Gasteiger partial charge is 0.318 e. The van der Waals surface area contributed by atoms with Gasteiger partial charge in [-0.3, -0.25) is 14.6 Å². The average molecular weight is 428 g/mol. The van der Waals surface area contributed by atoms with Gasteiger partial charge in [0.25, 0.3) is 0 Å². The Morgan fingerprint density at radius 2 is 1.94 bits per heavy atom. The van der Waals surface area contributed by atoms with Crippen LogP contribution in [-0.2, 0) is 22.6 Å². The second-order valence-corrected chi connectivity index (χ2v) is 7.86. The van der Waals surface area contributed by atoms with Crippen molar-refractivity contribution in [2.24, 2.45) is 0 Å². The van der Waals surface area contributed by atoms with Gasteiger partial charge in [-0.2, -0.15) is 4.98 Å². The van der Waals surface area contributed by atoms with E-state index in [0.29, 0.717) is 24.7 Å². The van der Waals surface area contributed by atoms with E-state index in [4.69, 9.17) is 9.47 Å². The number of carbonyl (C=O) groups excluding carboxylic acids is 1. The topological polar surface area (TPSA) is 79.8 Å². The summed E-state index contributed by atoms with van der Waals surface area (Å²) in [4.78, 5) is 24.6. The molecule has 1 unspecified atom stereocenters. The maximum atomic E-state index is 11.9. The van der Waals surface area contributed by atoms with Crippen LogP contribution in [0.25, 0.3) is 0 Å². The molecule has 8 nitrogen and oxygen atoms in total.